The lowest BCUT2D eigenvalue weighted by atomic mass is 10.1. The van der Waals surface area contributed by atoms with Crippen molar-refractivity contribution in [3.05, 3.63) is 92.3 Å². The molecular weight excluding hydrogens is 547 g/mol. The highest BCUT2D eigenvalue weighted by Crippen LogP contribution is 2.35. The third-order valence-corrected chi connectivity index (χ3v) is 6.92. The van der Waals surface area contributed by atoms with Crippen LogP contribution >= 0.6 is 35.0 Å². The van der Waals surface area contributed by atoms with Crippen molar-refractivity contribution >= 4 is 63.8 Å². The summed E-state index contributed by atoms with van der Waals surface area (Å²) in [5.74, 6) is 0.00414. The maximum atomic E-state index is 12.9. The Balaban J connectivity index is 1.45. The molecule has 3 aromatic rings. The largest absolute Gasteiger partial charge is 0.490 e. The van der Waals surface area contributed by atoms with Crippen molar-refractivity contribution in [2.75, 3.05) is 18.5 Å². The molecule has 0 atom stereocenters. The molecule has 1 aliphatic heterocycles. The third-order valence-electron chi connectivity index (χ3n) is 5.52. The normalized spacial score (nSPS) is 14.2. The zero-order valence-corrected chi connectivity index (χ0v) is 23.0. The topological polar surface area (TPSA) is 84.9 Å². The number of hydrogen-bond acceptors (Lipinski definition) is 6. The first-order valence-corrected chi connectivity index (χ1v) is 13.3. The number of nitrogens with one attached hydrogen (secondary N) is 1. The Bertz CT molecular complexity index is 1410. The first kappa shape index (κ1) is 27.6. The number of amides is 3. The van der Waals surface area contributed by atoms with E-state index < -0.39 is 23.6 Å². The number of halogens is 2. The number of ether oxygens (including phenoxy) is 2. The SMILES string of the molecule is CCOc1cc(/C=C2/SC(=O)N(CC(=O)Nc3cc(Cl)ccc3C)C2=O)ccc1OCc1ccc(Cl)cc1. The molecule has 3 amide bonds. The number of benzene rings is 3. The van der Waals surface area contributed by atoms with Crippen LogP contribution in [0.5, 0.6) is 11.5 Å². The molecule has 1 heterocycles. The lowest BCUT2D eigenvalue weighted by Crippen LogP contribution is -2.36. The molecule has 38 heavy (non-hydrogen) atoms. The van der Waals surface area contributed by atoms with E-state index >= 15 is 0 Å². The number of imide groups is 1. The van der Waals surface area contributed by atoms with Crippen molar-refractivity contribution in [1.82, 2.24) is 4.90 Å². The summed E-state index contributed by atoms with van der Waals surface area (Å²) in [5.41, 5.74) is 2.93. The average molecular weight is 571 g/mol. The fourth-order valence-corrected chi connectivity index (χ4v) is 4.73. The van der Waals surface area contributed by atoms with Gasteiger partial charge in [-0.05, 0) is 84.8 Å². The zero-order valence-electron chi connectivity index (χ0n) is 20.6. The minimum Gasteiger partial charge on any atom is -0.490 e. The number of carbonyl (C=O) groups excluding carboxylic acids is 3. The maximum absolute atomic E-state index is 12.9. The predicted molar refractivity (Wildman–Crippen MR) is 151 cm³/mol. The summed E-state index contributed by atoms with van der Waals surface area (Å²) in [6, 6.07) is 17.7. The van der Waals surface area contributed by atoms with Gasteiger partial charge in [0.05, 0.1) is 11.5 Å². The monoisotopic (exact) mass is 570 g/mol. The van der Waals surface area contributed by atoms with Crippen LogP contribution in [0.25, 0.3) is 6.08 Å². The number of nitrogens with zero attached hydrogens (tertiary/aromatic N) is 1. The van der Waals surface area contributed by atoms with Crippen LogP contribution < -0.4 is 14.8 Å². The molecule has 1 fully saturated rings. The van der Waals surface area contributed by atoms with Crippen molar-refractivity contribution in [2.45, 2.75) is 20.5 Å². The van der Waals surface area contributed by atoms with Gasteiger partial charge in [-0.25, -0.2) is 0 Å². The Morgan fingerprint density at radius 1 is 0.974 bits per heavy atom. The second-order valence-electron chi connectivity index (χ2n) is 8.33. The number of carbonyl (C=O) groups is 3. The van der Waals surface area contributed by atoms with Crippen molar-refractivity contribution < 1.29 is 23.9 Å². The molecule has 0 aliphatic carbocycles. The van der Waals surface area contributed by atoms with Gasteiger partial charge < -0.3 is 14.8 Å². The molecule has 1 saturated heterocycles. The van der Waals surface area contributed by atoms with Gasteiger partial charge in [0, 0.05) is 15.7 Å². The van der Waals surface area contributed by atoms with Gasteiger partial charge in [-0.3, -0.25) is 19.3 Å². The number of aryl methyl sites for hydroxylation is 1. The molecule has 0 radical (unpaired) electrons. The molecule has 196 valence electrons. The second kappa shape index (κ2) is 12.4. The van der Waals surface area contributed by atoms with Crippen LogP contribution in [-0.4, -0.2) is 35.1 Å². The van der Waals surface area contributed by atoms with E-state index in [1.54, 1.807) is 54.6 Å². The highest BCUT2D eigenvalue weighted by molar-refractivity contribution is 8.18. The molecule has 0 unspecified atom stereocenters. The van der Waals surface area contributed by atoms with Crippen LogP contribution in [0.3, 0.4) is 0 Å². The summed E-state index contributed by atoms with van der Waals surface area (Å²) in [4.78, 5) is 39.2. The summed E-state index contributed by atoms with van der Waals surface area (Å²) in [5, 5.41) is 3.29. The molecule has 7 nitrogen and oxygen atoms in total. The van der Waals surface area contributed by atoms with E-state index in [0.29, 0.717) is 46.0 Å². The number of hydrogen-bond donors (Lipinski definition) is 1. The van der Waals surface area contributed by atoms with E-state index in [1.807, 2.05) is 26.0 Å². The van der Waals surface area contributed by atoms with Crippen molar-refractivity contribution in [2.24, 2.45) is 0 Å². The third kappa shape index (κ3) is 6.89. The zero-order chi connectivity index (χ0) is 27.2. The Morgan fingerprint density at radius 3 is 2.45 bits per heavy atom. The molecule has 0 spiro atoms. The summed E-state index contributed by atoms with van der Waals surface area (Å²) >= 11 is 12.7. The van der Waals surface area contributed by atoms with Gasteiger partial charge in [-0.1, -0.05) is 47.5 Å². The Hall–Kier alpha value is -3.46. The second-order valence-corrected chi connectivity index (χ2v) is 10.2. The average Bonchev–Trinajstić information content (AvgIpc) is 3.14. The van der Waals surface area contributed by atoms with E-state index in [9.17, 15) is 14.4 Å². The van der Waals surface area contributed by atoms with Gasteiger partial charge in [0.1, 0.15) is 13.2 Å². The lowest BCUT2D eigenvalue weighted by molar-refractivity contribution is -0.127. The van der Waals surface area contributed by atoms with Crippen LogP contribution in [-0.2, 0) is 16.2 Å². The highest BCUT2D eigenvalue weighted by atomic mass is 35.5. The first-order valence-electron chi connectivity index (χ1n) is 11.7. The molecule has 4 rings (SSSR count). The number of thioether (sulfide) groups is 1. The molecule has 1 aliphatic rings. The first-order chi connectivity index (χ1) is 18.2. The fraction of sp³-hybridized carbons (Fsp3) is 0.179. The fourth-order valence-electron chi connectivity index (χ4n) is 3.59. The molecule has 0 bridgehead atoms. The quantitative estimate of drug-likeness (QED) is 0.280. The van der Waals surface area contributed by atoms with Crippen LogP contribution in [0, 0.1) is 6.92 Å². The Labute approximate surface area is 234 Å². The van der Waals surface area contributed by atoms with E-state index in [1.165, 1.54) is 0 Å². The van der Waals surface area contributed by atoms with Gasteiger partial charge in [-0.2, -0.15) is 0 Å². The highest BCUT2D eigenvalue weighted by Gasteiger charge is 2.36. The maximum Gasteiger partial charge on any atom is 0.294 e. The van der Waals surface area contributed by atoms with Gasteiger partial charge in [-0.15, -0.1) is 0 Å². The molecule has 3 aromatic carbocycles. The van der Waals surface area contributed by atoms with E-state index in [0.717, 1.165) is 27.8 Å². The molecule has 0 aromatic heterocycles. The summed E-state index contributed by atoms with van der Waals surface area (Å²) in [7, 11) is 0. The van der Waals surface area contributed by atoms with Crippen LogP contribution in [0.4, 0.5) is 10.5 Å². The molecule has 0 saturated carbocycles. The number of rotatable bonds is 9. The standard InChI is InChI=1S/C28H24Cl2N2O5S/c1-3-36-24-12-19(7-11-23(24)37-16-18-5-9-20(29)10-6-18)13-25-27(34)32(28(35)38-25)15-26(33)31-22-14-21(30)8-4-17(22)2/h4-14H,3,15-16H2,1-2H3,(H,31,33)/b25-13+. The van der Waals surface area contributed by atoms with Crippen molar-refractivity contribution in [3.8, 4) is 11.5 Å². The lowest BCUT2D eigenvalue weighted by Gasteiger charge is -2.14. The van der Waals surface area contributed by atoms with Gasteiger partial charge in [0.25, 0.3) is 11.1 Å². The van der Waals surface area contributed by atoms with E-state index in [4.69, 9.17) is 32.7 Å². The van der Waals surface area contributed by atoms with Gasteiger partial charge in [0.2, 0.25) is 5.91 Å². The van der Waals surface area contributed by atoms with Crippen molar-refractivity contribution in [1.29, 1.82) is 0 Å². The Morgan fingerprint density at radius 2 is 1.71 bits per heavy atom. The van der Waals surface area contributed by atoms with Crippen LogP contribution in [0.15, 0.2) is 65.6 Å². The minimum absolute atomic E-state index is 0.207. The van der Waals surface area contributed by atoms with E-state index in [2.05, 4.69) is 5.32 Å². The molecule has 1 N–H and O–H groups in total. The molecule has 10 heteroatoms. The van der Waals surface area contributed by atoms with Crippen molar-refractivity contribution in [3.63, 3.8) is 0 Å². The molecular formula is C28H24Cl2N2O5S. The van der Waals surface area contributed by atoms with Gasteiger partial charge in [0.15, 0.2) is 11.5 Å². The minimum atomic E-state index is -0.543. The predicted octanol–water partition coefficient (Wildman–Crippen LogP) is 6.95. The summed E-state index contributed by atoms with van der Waals surface area (Å²) in [6.45, 7) is 4.01. The van der Waals surface area contributed by atoms with E-state index in [-0.39, 0.29) is 4.91 Å². The van der Waals surface area contributed by atoms with Crippen LogP contribution in [0.1, 0.15) is 23.6 Å². The smallest absolute Gasteiger partial charge is 0.294 e. The Kier molecular flexibility index (Phi) is 8.99. The number of anilines is 1. The van der Waals surface area contributed by atoms with Crippen LogP contribution in [0.2, 0.25) is 10.0 Å². The van der Waals surface area contributed by atoms with Gasteiger partial charge >= 0.3 is 0 Å². The summed E-state index contributed by atoms with van der Waals surface area (Å²) in [6.07, 6.45) is 1.59. The summed E-state index contributed by atoms with van der Waals surface area (Å²) < 4.78 is 11.7.